The molecule has 1 aliphatic carbocycles. The van der Waals surface area contributed by atoms with Gasteiger partial charge < -0.3 is 15.8 Å². The molecule has 0 aromatic carbocycles. The first kappa shape index (κ1) is 13.3. The van der Waals surface area contributed by atoms with Crippen LogP contribution < -0.4 is 11.1 Å². The van der Waals surface area contributed by atoms with Gasteiger partial charge in [0, 0.05) is 37.2 Å². The highest BCUT2D eigenvalue weighted by Crippen LogP contribution is 2.42. The number of aromatic nitrogens is 1. The maximum absolute atomic E-state index is 5.61. The van der Waals surface area contributed by atoms with Crippen LogP contribution in [-0.4, -0.2) is 30.8 Å². The Labute approximate surface area is 109 Å². The monoisotopic (exact) mass is 249 g/mol. The van der Waals surface area contributed by atoms with Crippen LogP contribution in [0, 0.1) is 5.41 Å². The third kappa shape index (κ3) is 2.65. The molecule has 0 aliphatic heterocycles. The topological polar surface area (TPSA) is 60.2 Å². The van der Waals surface area contributed by atoms with Crippen molar-refractivity contribution < 1.29 is 4.74 Å². The van der Waals surface area contributed by atoms with Gasteiger partial charge in [-0.1, -0.05) is 13.8 Å². The zero-order valence-corrected chi connectivity index (χ0v) is 11.4. The molecule has 100 valence electrons. The molecule has 2 rings (SSSR count). The zero-order valence-electron chi connectivity index (χ0n) is 11.4. The molecular formula is C14H23N3O. The minimum Gasteiger partial charge on any atom is -0.397 e. The second-order valence-corrected chi connectivity index (χ2v) is 5.62. The van der Waals surface area contributed by atoms with Crippen molar-refractivity contribution >= 4 is 5.69 Å². The van der Waals surface area contributed by atoms with E-state index < -0.39 is 0 Å². The summed E-state index contributed by atoms with van der Waals surface area (Å²) < 4.78 is 5.44. The van der Waals surface area contributed by atoms with E-state index in [1.54, 1.807) is 13.3 Å². The Balaban J connectivity index is 1.75. The summed E-state index contributed by atoms with van der Waals surface area (Å²) in [7, 11) is 1.79. The Morgan fingerprint density at radius 2 is 2.28 bits per heavy atom. The van der Waals surface area contributed by atoms with Gasteiger partial charge in [-0.05, 0) is 18.6 Å². The molecule has 0 radical (unpaired) electrons. The van der Waals surface area contributed by atoms with Gasteiger partial charge in [0.25, 0.3) is 0 Å². The van der Waals surface area contributed by atoms with Gasteiger partial charge in [-0.3, -0.25) is 4.98 Å². The van der Waals surface area contributed by atoms with Crippen LogP contribution in [0.2, 0.25) is 0 Å². The molecule has 18 heavy (non-hydrogen) atoms. The smallest absolute Gasteiger partial charge is 0.0652 e. The normalized spacial score (nSPS) is 25.7. The number of methoxy groups -OCH3 is 1. The molecule has 2 unspecified atom stereocenters. The molecule has 0 amide bonds. The largest absolute Gasteiger partial charge is 0.397 e. The average molecular weight is 249 g/mol. The van der Waals surface area contributed by atoms with E-state index >= 15 is 0 Å². The molecule has 1 saturated carbocycles. The van der Waals surface area contributed by atoms with Crippen LogP contribution in [0.3, 0.4) is 0 Å². The summed E-state index contributed by atoms with van der Waals surface area (Å²) in [5, 5.41) is 3.59. The van der Waals surface area contributed by atoms with E-state index in [-0.39, 0.29) is 5.41 Å². The van der Waals surface area contributed by atoms with Crippen molar-refractivity contribution in [3.63, 3.8) is 0 Å². The summed E-state index contributed by atoms with van der Waals surface area (Å²) >= 11 is 0. The van der Waals surface area contributed by atoms with Crippen molar-refractivity contribution in [3.8, 4) is 0 Å². The Hall–Kier alpha value is -1.13. The second kappa shape index (κ2) is 5.24. The fourth-order valence-corrected chi connectivity index (χ4v) is 2.59. The highest BCUT2D eigenvalue weighted by atomic mass is 16.5. The van der Waals surface area contributed by atoms with E-state index in [0.29, 0.717) is 12.1 Å². The fraction of sp³-hybridized carbons (Fsp3) is 0.643. The zero-order chi connectivity index (χ0) is 13.2. The lowest BCUT2D eigenvalue weighted by molar-refractivity contribution is -0.0971. The van der Waals surface area contributed by atoms with Crippen LogP contribution in [0.5, 0.6) is 0 Å². The minimum atomic E-state index is 0.225. The van der Waals surface area contributed by atoms with Crippen LogP contribution in [0.1, 0.15) is 26.0 Å². The molecule has 1 aliphatic rings. The number of rotatable bonds is 5. The Morgan fingerprint density at radius 3 is 2.83 bits per heavy atom. The van der Waals surface area contributed by atoms with Crippen molar-refractivity contribution in [2.75, 3.05) is 19.4 Å². The summed E-state index contributed by atoms with van der Waals surface area (Å²) in [4.78, 5) is 4.30. The van der Waals surface area contributed by atoms with Gasteiger partial charge in [0.1, 0.15) is 0 Å². The average Bonchev–Trinajstić information content (AvgIpc) is 2.35. The van der Waals surface area contributed by atoms with E-state index in [1.807, 2.05) is 12.1 Å². The van der Waals surface area contributed by atoms with Crippen molar-refractivity contribution in [1.82, 2.24) is 10.3 Å². The SMILES string of the molecule is COC1CC(NCCc2ccc(N)cn2)C1(C)C. The first-order valence-corrected chi connectivity index (χ1v) is 6.50. The van der Waals surface area contributed by atoms with Gasteiger partial charge in [0.15, 0.2) is 0 Å². The molecule has 4 nitrogen and oxygen atoms in total. The third-order valence-corrected chi connectivity index (χ3v) is 4.08. The van der Waals surface area contributed by atoms with Gasteiger partial charge in [-0.15, -0.1) is 0 Å². The lowest BCUT2D eigenvalue weighted by atomic mass is 9.64. The van der Waals surface area contributed by atoms with E-state index in [0.717, 1.165) is 30.8 Å². The van der Waals surface area contributed by atoms with Gasteiger partial charge in [-0.25, -0.2) is 0 Å². The van der Waals surface area contributed by atoms with Crippen LogP contribution in [-0.2, 0) is 11.2 Å². The molecule has 1 aromatic heterocycles. The number of nitrogens with zero attached hydrogens (tertiary/aromatic N) is 1. The number of ether oxygens (including phenoxy) is 1. The summed E-state index contributed by atoms with van der Waals surface area (Å²) in [6.07, 6.45) is 4.12. The van der Waals surface area contributed by atoms with Crippen molar-refractivity contribution in [1.29, 1.82) is 0 Å². The quantitative estimate of drug-likeness (QED) is 0.832. The summed E-state index contributed by atoms with van der Waals surface area (Å²) in [6.45, 7) is 5.45. The van der Waals surface area contributed by atoms with Crippen molar-refractivity contribution in [2.24, 2.45) is 5.41 Å². The Bertz CT molecular complexity index is 389. The molecule has 1 aromatic rings. The first-order valence-electron chi connectivity index (χ1n) is 6.50. The number of nitrogens with one attached hydrogen (secondary N) is 1. The summed E-state index contributed by atoms with van der Waals surface area (Å²) in [5.41, 5.74) is 7.63. The number of pyridine rings is 1. The molecule has 1 fully saturated rings. The number of nitrogens with two attached hydrogens (primary N) is 1. The number of hydrogen-bond acceptors (Lipinski definition) is 4. The molecule has 0 bridgehead atoms. The van der Waals surface area contributed by atoms with Gasteiger partial charge >= 0.3 is 0 Å². The maximum Gasteiger partial charge on any atom is 0.0652 e. The predicted octanol–water partition coefficient (Wildman–Crippen LogP) is 1.61. The van der Waals surface area contributed by atoms with Gasteiger partial charge in [-0.2, -0.15) is 0 Å². The van der Waals surface area contributed by atoms with E-state index in [2.05, 4.69) is 24.1 Å². The van der Waals surface area contributed by atoms with Crippen molar-refractivity contribution in [2.45, 2.75) is 38.8 Å². The molecule has 4 heteroatoms. The summed E-state index contributed by atoms with van der Waals surface area (Å²) in [6, 6.07) is 4.42. The van der Waals surface area contributed by atoms with Crippen LogP contribution in [0.4, 0.5) is 5.69 Å². The van der Waals surface area contributed by atoms with E-state index in [1.165, 1.54) is 0 Å². The number of hydrogen-bond donors (Lipinski definition) is 2. The number of anilines is 1. The highest BCUT2D eigenvalue weighted by molar-refractivity contribution is 5.34. The van der Waals surface area contributed by atoms with Crippen LogP contribution in [0.25, 0.3) is 0 Å². The van der Waals surface area contributed by atoms with E-state index in [9.17, 15) is 0 Å². The second-order valence-electron chi connectivity index (χ2n) is 5.62. The summed E-state index contributed by atoms with van der Waals surface area (Å²) in [5.74, 6) is 0. The van der Waals surface area contributed by atoms with Crippen LogP contribution >= 0.6 is 0 Å². The number of nitrogen functional groups attached to an aromatic ring is 1. The standard InChI is InChI=1S/C14H23N3O/c1-14(2)12(8-13(14)18-3)16-7-6-11-5-4-10(15)9-17-11/h4-5,9,12-13,16H,6-8,15H2,1-3H3. The maximum atomic E-state index is 5.61. The highest BCUT2D eigenvalue weighted by Gasteiger charge is 2.47. The Morgan fingerprint density at radius 1 is 1.50 bits per heavy atom. The lowest BCUT2D eigenvalue weighted by Crippen LogP contribution is -2.60. The van der Waals surface area contributed by atoms with E-state index in [4.69, 9.17) is 10.5 Å². The molecule has 0 saturated heterocycles. The molecule has 1 heterocycles. The molecule has 3 N–H and O–H groups in total. The third-order valence-electron chi connectivity index (χ3n) is 4.08. The minimum absolute atomic E-state index is 0.225. The molecule has 2 atom stereocenters. The molecular weight excluding hydrogens is 226 g/mol. The van der Waals surface area contributed by atoms with Crippen molar-refractivity contribution in [3.05, 3.63) is 24.0 Å². The lowest BCUT2D eigenvalue weighted by Gasteiger charge is -2.51. The fourth-order valence-electron chi connectivity index (χ4n) is 2.59. The van der Waals surface area contributed by atoms with Gasteiger partial charge in [0.2, 0.25) is 0 Å². The Kier molecular flexibility index (Phi) is 3.88. The van der Waals surface area contributed by atoms with Gasteiger partial charge in [0.05, 0.1) is 18.0 Å². The first-order chi connectivity index (χ1) is 8.54. The van der Waals surface area contributed by atoms with Crippen LogP contribution in [0.15, 0.2) is 18.3 Å². The molecule has 0 spiro atoms. The predicted molar refractivity (Wildman–Crippen MR) is 73.3 cm³/mol.